The lowest BCUT2D eigenvalue weighted by Crippen LogP contribution is -2.41. The van der Waals surface area contributed by atoms with Crippen LogP contribution in [0.1, 0.15) is 16.1 Å². The van der Waals surface area contributed by atoms with Crippen LogP contribution in [0.4, 0.5) is 5.69 Å². The molecule has 1 saturated heterocycles. The lowest BCUT2D eigenvalue weighted by atomic mass is 10.2. The molecule has 1 aliphatic heterocycles. The van der Waals surface area contributed by atoms with Crippen LogP contribution in [-0.2, 0) is 21.3 Å². The highest BCUT2D eigenvalue weighted by Gasteiger charge is 2.34. The number of morpholine rings is 1. The van der Waals surface area contributed by atoms with Gasteiger partial charge in [0.15, 0.2) is 0 Å². The molecule has 0 spiro atoms. The molecule has 3 heterocycles. The molecule has 0 aliphatic carbocycles. The molecule has 3 aromatic rings. The number of aromatic nitrogens is 2. The third kappa shape index (κ3) is 3.81. The van der Waals surface area contributed by atoms with Crippen molar-refractivity contribution in [2.75, 3.05) is 31.6 Å². The molecule has 4 rings (SSSR count). The third-order valence-electron chi connectivity index (χ3n) is 4.91. The Morgan fingerprint density at radius 2 is 1.93 bits per heavy atom. The Morgan fingerprint density at radius 3 is 2.60 bits per heavy atom. The number of H-pyrrole nitrogens is 1. The fraction of sp³-hybridized carbons (Fsp3) is 0.263. The molecule has 1 fully saturated rings. The van der Waals surface area contributed by atoms with Crippen LogP contribution in [0.3, 0.4) is 0 Å². The number of halogens is 1. The molecular weight excluding hydrogens is 474 g/mol. The van der Waals surface area contributed by atoms with Crippen LogP contribution in [0.15, 0.2) is 46.0 Å². The predicted octanol–water partition coefficient (Wildman–Crippen LogP) is 2.06. The van der Waals surface area contributed by atoms with Crippen LogP contribution < -0.4 is 11.1 Å². The molecule has 1 aromatic carbocycles. The molecule has 1 aliphatic rings. The average Bonchev–Trinajstić information content (AvgIpc) is 3.15. The third-order valence-corrected chi connectivity index (χ3v) is 7.55. The van der Waals surface area contributed by atoms with Crippen molar-refractivity contribution in [3.63, 3.8) is 0 Å². The smallest absolute Gasteiger partial charge is 0.266 e. The van der Waals surface area contributed by atoms with Gasteiger partial charge in [0.1, 0.15) is 10.6 Å². The zero-order valence-electron chi connectivity index (χ0n) is 15.9. The minimum Gasteiger partial charge on any atom is -0.379 e. The number of amides is 1. The summed E-state index contributed by atoms with van der Waals surface area (Å²) in [6.45, 7) is 1.53. The van der Waals surface area contributed by atoms with Crippen molar-refractivity contribution in [1.29, 1.82) is 0 Å². The van der Waals surface area contributed by atoms with Gasteiger partial charge in [0.05, 0.1) is 24.4 Å². The molecule has 0 bridgehead atoms. The first-order valence-electron chi connectivity index (χ1n) is 9.24. The van der Waals surface area contributed by atoms with E-state index in [9.17, 15) is 13.2 Å². The number of benzene rings is 1. The summed E-state index contributed by atoms with van der Waals surface area (Å²) < 4.78 is 34.0. The van der Waals surface area contributed by atoms with Crippen molar-refractivity contribution in [2.45, 2.75) is 11.4 Å². The molecular formula is C19H20BrN5O4S. The van der Waals surface area contributed by atoms with Gasteiger partial charge in [-0.05, 0) is 39.7 Å². The van der Waals surface area contributed by atoms with Crippen molar-refractivity contribution >= 4 is 48.5 Å². The maximum atomic E-state index is 13.4. The van der Waals surface area contributed by atoms with Crippen LogP contribution >= 0.6 is 15.9 Å². The number of aromatic amines is 1. The Bertz CT molecular complexity index is 1190. The quantitative estimate of drug-likeness (QED) is 0.481. The van der Waals surface area contributed by atoms with E-state index >= 15 is 0 Å². The summed E-state index contributed by atoms with van der Waals surface area (Å²) >= 11 is 3.50. The number of nitrogens with one attached hydrogen (secondary N) is 2. The number of sulfonamides is 1. The van der Waals surface area contributed by atoms with Gasteiger partial charge >= 0.3 is 0 Å². The summed E-state index contributed by atoms with van der Waals surface area (Å²) in [5, 5.41) is 3.70. The Labute approximate surface area is 181 Å². The number of primary amides is 1. The topological polar surface area (TPSA) is 130 Å². The highest BCUT2D eigenvalue weighted by Crippen LogP contribution is 2.37. The number of pyridine rings is 1. The highest BCUT2D eigenvalue weighted by atomic mass is 79.9. The van der Waals surface area contributed by atoms with E-state index < -0.39 is 15.9 Å². The minimum atomic E-state index is -3.95. The van der Waals surface area contributed by atoms with Gasteiger partial charge in [0, 0.05) is 41.9 Å². The van der Waals surface area contributed by atoms with Gasteiger partial charge < -0.3 is 20.8 Å². The number of ether oxygens (including phenoxy) is 1. The first-order chi connectivity index (χ1) is 14.4. The van der Waals surface area contributed by atoms with Gasteiger partial charge in [-0.3, -0.25) is 9.78 Å². The Kier molecular flexibility index (Phi) is 5.78. The van der Waals surface area contributed by atoms with E-state index in [1.54, 1.807) is 24.5 Å². The predicted molar refractivity (Wildman–Crippen MR) is 116 cm³/mol. The minimum absolute atomic E-state index is 0.105. The number of carbonyl (C=O) groups is 1. The normalized spacial score (nSPS) is 15.4. The Hall–Kier alpha value is -2.47. The standard InChI is InChI=1S/C19H20BrN5O4S/c20-14-2-1-13-15(16(14)23-11-12-3-5-22-6-4-12)24-17(19(21)26)18(13)30(27,28)25-7-9-29-10-8-25/h1-6,23-24H,7-11H2,(H2,21,26). The molecule has 0 saturated carbocycles. The van der Waals surface area contributed by atoms with Gasteiger partial charge in [-0.25, -0.2) is 8.42 Å². The summed E-state index contributed by atoms with van der Waals surface area (Å²) in [7, 11) is -3.95. The number of hydrogen-bond donors (Lipinski definition) is 3. The number of carbonyl (C=O) groups excluding carboxylic acids is 1. The molecule has 1 amide bonds. The molecule has 4 N–H and O–H groups in total. The van der Waals surface area contributed by atoms with Gasteiger partial charge in [0.25, 0.3) is 5.91 Å². The maximum Gasteiger partial charge on any atom is 0.266 e. The molecule has 11 heteroatoms. The molecule has 0 radical (unpaired) electrons. The van der Waals surface area contributed by atoms with Gasteiger partial charge in [-0.15, -0.1) is 0 Å². The summed E-state index contributed by atoms with van der Waals surface area (Å²) in [6.07, 6.45) is 3.39. The largest absolute Gasteiger partial charge is 0.379 e. The fourth-order valence-electron chi connectivity index (χ4n) is 3.43. The van der Waals surface area contributed by atoms with Gasteiger partial charge in [-0.2, -0.15) is 4.31 Å². The van der Waals surface area contributed by atoms with Crippen molar-refractivity contribution in [3.8, 4) is 0 Å². The van der Waals surface area contributed by atoms with Crippen LogP contribution in [0.2, 0.25) is 0 Å². The number of nitrogens with two attached hydrogens (primary N) is 1. The number of nitrogens with zero attached hydrogens (tertiary/aromatic N) is 2. The fourth-order valence-corrected chi connectivity index (χ4v) is 5.65. The second-order valence-electron chi connectivity index (χ2n) is 6.76. The number of anilines is 1. The summed E-state index contributed by atoms with van der Waals surface area (Å²) in [5.74, 6) is -0.839. The summed E-state index contributed by atoms with van der Waals surface area (Å²) in [4.78, 5) is 19.0. The van der Waals surface area contributed by atoms with Crippen LogP contribution in [0, 0.1) is 0 Å². The highest BCUT2D eigenvalue weighted by molar-refractivity contribution is 9.10. The Balaban J connectivity index is 1.83. The molecule has 30 heavy (non-hydrogen) atoms. The second kappa shape index (κ2) is 8.34. The zero-order valence-corrected chi connectivity index (χ0v) is 18.3. The SMILES string of the molecule is NC(=O)c1[nH]c2c(NCc3ccncc3)c(Br)ccc2c1S(=O)(=O)N1CCOCC1. The maximum absolute atomic E-state index is 13.4. The molecule has 0 atom stereocenters. The number of rotatable bonds is 6. The number of hydrogen-bond acceptors (Lipinski definition) is 6. The van der Waals surface area contributed by atoms with Crippen molar-refractivity contribution in [3.05, 3.63) is 52.4 Å². The van der Waals surface area contributed by atoms with Crippen molar-refractivity contribution < 1.29 is 17.9 Å². The first-order valence-corrected chi connectivity index (χ1v) is 11.5. The summed E-state index contributed by atoms with van der Waals surface area (Å²) in [6, 6.07) is 7.15. The number of fused-ring (bicyclic) bond motifs is 1. The first kappa shape index (κ1) is 20.8. The molecule has 9 nitrogen and oxygen atoms in total. The van der Waals surface area contributed by atoms with Crippen LogP contribution in [-0.4, -0.2) is 54.9 Å². The van der Waals surface area contributed by atoms with Crippen LogP contribution in [0.5, 0.6) is 0 Å². The van der Waals surface area contributed by atoms with E-state index in [2.05, 4.69) is 31.2 Å². The lowest BCUT2D eigenvalue weighted by Gasteiger charge is -2.26. The van der Waals surface area contributed by atoms with Crippen LogP contribution in [0.25, 0.3) is 10.9 Å². The van der Waals surface area contributed by atoms with E-state index in [1.807, 2.05) is 12.1 Å². The van der Waals surface area contributed by atoms with E-state index in [-0.39, 0.29) is 23.7 Å². The molecule has 0 unspecified atom stereocenters. The van der Waals surface area contributed by atoms with E-state index in [0.717, 1.165) is 10.0 Å². The van der Waals surface area contributed by atoms with Gasteiger partial charge in [-0.1, -0.05) is 6.07 Å². The Morgan fingerprint density at radius 1 is 1.23 bits per heavy atom. The van der Waals surface area contributed by atoms with E-state index in [4.69, 9.17) is 10.5 Å². The zero-order chi connectivity index (χ0) is 21.3. The molecule has 2 aromatic heterocycles. The van der Waals surface area contributed by atoms with E-state index in [0.29, 0.717) is 36.3 Å². The second-order valence-corrected chi connectivity index (χ2v) is 9.49. The van der Waals surface area contributed by atoms with Crippen molar-refractivity contribution in [2.24, 2.45) is 5.73 Å². The lowest BCUT2D eigenvalue weighted by molar-refractivity contribution is 0.0730. The van der Waals surface area contributed by atoms with E-state index in [1.165, 1.54) is 4.31 Å². The average molecular weight is 494 g/mol. The molecule has 158 valence electrons. The van der Waals surface area contributed by atoms with Crippen molar-refractivity contribution in [1.82, 2.24) is 14.3 Å². The summed E-state index contributed by atoms with van der Waals surface area (Å²) in [5.41, 5.74) is 7.52. The monoisotopic (exact) mass is 493 g/mol. The van der Waals surface area contributed by atoms with Gasteiger partial charge in [0.2, 0.25) is 10.0 Å².